The van der Waals surface area contributed by atoms with Crippen LogP contribution in [0.1, 0.15) is 24.0 Å². The maximum atomic E-state index is 13.4. The summed E-state index contributed by atoms with van der Waals surface area (Å²) in [6, 6.07) is 6.92. The van der Waals surface area contributed by atoms with Crippen molar-refractivity contribution in [2.24, 2.45) is 0 Å². The number of methoxy groups -OCH3 is 1. The number of fused-ring (bicyclic) bond motifs is 3. The molecule has 0 fully saturated rings. The number of imidazole rings is 1. The topological polar surface area (TPSA) is 74.3 Å². The molecule has 9 heteroatoms. The van der Waals surface area contributed by atoms with Crippen LogP contribution in [-0.4, -0.2) is 31.0 Å². The number of aromatic nitrogens is 5. The highest BCUT2D eigenvalue weighted by Gasteiger charge is 2.19. The van der Waals surface area contributed by atoms with Gasteiger partial charge in [0.2, 0.25) is 5.88 Å². The Balaban J connectivity index is 2.08. The van der Waals surface area contributed by atoms with Gasteiger partial charge in [0.25, 0.3) is 5.56 Å². The Bertz CT molecular complexity index is 1260. The average molecular weight is 418 g/mol. The van der Waals surface area contributed by atoms with E-state index in [0.29, 0.717) is 34.7 Å². The number of halogens is 2. The molecule has 0 unspecified atom stereocenters. The van der Waals surface area contributed by atoms with Crippen LogP contribution in [0.15, 0.2) is 29.1 Å². The minimum absolute atomic E-state index is 0.159. The summed E-state index contributed by atoms with van der Waals surface area (Å²) in [7, 11) is 1.56. The van der Waals surface area contributed by atoms with Crippen molar-refractivity contribution in [2.75, 3.05) is 7.11 Å². The molecule has 0 bridgehead atoms. The van der Waals surface area contributed by atoms with Crippen molar-refractivity contribution in [1.82, 2.24) is 23.9 Å². The quantitative estimate of drug-likeness (QED) is 0.473. The van der Waals surface area contributed by atoms with E-state index in [1.54, 1.807) is 29.9 Å². The van der Waals surface area contributed by atoms with Crippen LogP contribution in [0.4, 0.5) is 0 Å². The van der Waals surface area contributed by atoms with E-state index in [1.165, 1.54) is 0 Å². The summed E-state index contributed by atoms with van der Waals surface area (Å²) in [5.74, 6) is 1.24. The van der Waals surface area contributed by atoms with E-state index < -0.39 is 0 Å². The van der Waals surface area contributed by atoms with Crippen molar-refractivity contribution in [1.29, 1.82) is 0 Å². The zero-order valence-corrected chi connectivity index (χ0v) is 17.0. The zero-order chi connectivity index (χ0) is 20.0. The lowest BCUT2D eigenvalue weighted by atomic mass is 10.2. The lowest BCUT2D eigenvalue weighted by Crippen LogP contribution is -2.24. The molecule has 4 aromatic rings. The predicted octanol–water partition coefficient (Wildman–Crippen LogP) is 3.67. The summed E-state index contributed by atoms with van der Waals surface area (Å²) in [6.07, 6.45) is 0.669. The molecule has 0 aliphatic carbocycles. The average Bonchev–Trinajstić information content (AvgIpc) is 3.00. The van der Waals surface area contributed by atoms with E-state index in [1.807, 2.05) is 24.3 Å². The van der Waals surface area contributed by atoms with Crippen LogP contribution in [-0.2, 0) is 13.0 Å². The Labute approximate surface area is 170 Å². The first-order valence-corrected chi connectivity index (χ1v) is 9.46. The maximum Gasteiger partial charge on any atom is 0.277 e. The Kier molecular flexibility index (Phi) is 4.72. The van der Waals surface area contributed by atoms with Crippen LogP contribution in [0, 0.1) is 6.92 Å². The van der Waals surface area contributed by atoms with Crippen molar-refractivity contribution in [3.05, 3.63) is 62.0 Å². The number of aryl methyl sites for hydroxylation is 2. The molecule has 0 atom stereocenters. The molecule has 144 valence electrons. The van der Waals surface area contributed by atoms with E-state index in [0.717, 1.165) is 11.4 Å². The third-order valence-electron chi connectivity index (χ3n) is 4.59. The van der Waals surface area contributed by atoms with E-state index in [-0.39, 0.29) is 22.4 Å². The SMILES string of the molecule is CCc1nc(C)c2c(=O)n(Cc3cc(Cl)nc(Cl)c3)c3ccc(OC)nc3n12. The lowest BCUT2D eigenvalue weighted by Gasteiger charge is -2.14. The minimum Gasteiger partial charge on any atom is -0.481 e. The van der Waals surface area contributed by atoms with Gasteiger partial charge in [0, 0.05) is 12.5 Å². The largest absolute Gasteiger partial charge is 0.481 e. The van der Waals surface area contributed by atoms with E-state index >= 15 is 0 Å². The smallest absolute Gasteiger partial charge is 0.277 e. The summed E-state index contributed by atoms with van der Waals surface area (Å²) >= 11 is 12.1. The molecule has 0 aromatic carbocycles. The van der Waals surface area contributed by atoms with Crippen molar-refractivity contribution in [3.8, 4) is 5.88 Å². The molecule has 0 spiro atoms. The van der Waals surface area contributed by atoms with Crippen molar-refractivity contribution in [3.63, 3.8) is 0 Å². The molecular weight excluding hydrogens is 401 g/mol. The first-order valence-electron chi connectivity index (χ1n) is 8.70. The molecule has 0 radical (unpaired) electrons. The highest BCUT2D eigenvalue weighted by molar-refractivity contribution is 6.32. The normalized spacial score (nSPS) is 11.5. The van der Waals surface area contributed by atoms with Gasteiger partial charge in [-0.25, -0.2) is 9.97 Å². The third-order valence-corrected chi connectivity index (χ3v) is 4.98. The van der Waals surface area contributed by atoms with E-state index in [9.17, 15) is 4.79 Å². The van der Waals surface area contributed by atoms with Gasteiger partial charge in [-0.1, -0.05) is 30.1 Å². The van der Waals surface area contributed by atoms with Gasteiger partial charge in [0.1, 0.15) is 21.6 Å². The van der Waals surface area contributed by atoms with Gasteiger partial charge in [-0.15, -0.1) is 0 Å². The zero-order valence-electron chi connectivity index (χ0n) is 15.5. The molecule has 4 heterocycles. The van der Waals surface area contributed by atoms with Gasteiger partial charge in [-0.2, -0.15) is 4.98 Å². The molecule has 28 heavy (non-hydrogen) atoms. The lowest BCUT2D eigenvalue weighted by molar-refractivity contribution is 0.399. The minimum atomic E-state index is -0.159. The molecule has 7 nitrogen and oxygen atoms in total. The van der Waals surface area contributed by atoms with Gasteiger partial charge < -0.3 is 4.74 Å². The van der Waals surface area contributed by atoms with Crippen LogP contribution in [0.2, 0.25) is 10.3 Å². The Morgan fingerprint density at radius 1 is 1.11 bits per heavy atom. The second-order valence-electron chi connectivity index (χ2n) is 6.36. The molecule has 4 rings (SSSR count). The highest BCUT2D eigenvalue weighted by atomic mass is 35.5. The van der Waals surface area contributed by atoms with Crippen molar-refractivity contribution >= 4 is 39.9 Å². The summed E-state index contributed by atoms with van der Waals surface area (Å²) in [6.45, 7) is 4.09. The van der Waals surface area contributed by atoms with Gasteiger partial charge in [0.15, 0.2) is 5.65 Å². The van der Waals surface area contributed by atoms with Crippen LogP contribution in [0.3, 0.4) is 0 Å². The number of rotatable bonds is 4. The van der Waals surface area contributed by atoms with Crippen LogP contribution in [0.25, 0.3) is 16.7 Å². The van der Waals surface area contributed by atoms with Crippen LogP contribution in [0.5, 0.6) is 5.88 Å². The van der Waals surface area contributed by atoms with Crippen LogP contribution >= 0.6 is 23.2 Å². The summed E-state index contributed by atoms with van der Waals surface area (Å²) in [5.41, 5.74) is 3.03. The summed E-state index contributed by atoms with van der Waals surface area (Å²) < 4.78 is 8.76. The predicted molar refractivity (Wildman–Crippen MR) is 109 cm³/mol. The second-order valence-corrected chi connectivity index (χ2v) is 7.13. The molecule has 0 aliphatic rings. The van der Waals surface area contributed by atoms with Gasteiger partial charge in [-0.05, 0) is 30.7 Å². The monoisotopic (exact) mass is 417 g/mol. The molecular formula is C19H17Cl2N5O2. The van der Waals surface area contributed by atoms with Gasteiger partial charge >= 0.3 is 0 Å². The fourth-order valence-electron chi connectivity index (χ4n) is 3.40. The number of hydrogen-bond donors (Lipinski definition) is 0. The first-order chi connectivity index (χ1) is 13.4. The second kappa shape index (κ2) is 7.07. The number of nitrogens with zero attached hydrogens (tertiary/aromatic N) is 5. The number of pyridine rings is 2. The van der Waals surface area contributed by atoms with E-state index in [4.69, 9.17) is 27.9 Å². The maximum absolute atomic E-state index is 13.4. The molecule has 0 aliphatic heterocycles. The highest BCUT2D eigenvalue weighted by Crippen LogP contribution is 2.22. The van der Waals surface area contributed by atoms with Crippen molar-refractivity contribution in [2.45, 2.75) is 26.8 Å². The first kappa shape index (κ1) is 18.7. The molecule has 0 amide bonds. The summed E-state index contributed by atoms with van der Waals surface area (Å²) in [4.78, 5) is 26.5. The Hall–Kier alpha value is -2.64. The third kappa shape index (κ3) is 3.00. The molecule has 0 saturated heterocycles. The molecule has 4 aromatic heterocycles. The Morgan fingerprint density at radius 2 is 1.82 bits per heavy atom. The van der Waals surface area contributed by atoms with E-state index in [2.05, 4.69) is 15.0 Å². The molecule has 0 saturated carbocycles. The number of hydrogen-bond acceptors (Lipinski definition) is 5. The number of ether oxygens (including phenoxy) is 1. The standard InChI is InChI=1S/C19H17Cl2N5O2/c1-4-15-22-10(2)17-19(27)25(9-11-7-13(20)23-14(21)8-11)12-5-6-16(28-3)24-18(12)26(15)17/h5-8H,4,9H2,1-3H3. The summed E-state index contributed by atoms with van der Waals surface area (Å²) in [5, 5.41) is 0.545. The fourth-order valence-corrected chi connectivity index (χ4v) is 3.90. The van der Waals surface area contributed by atoms with Gasteiger partial charge in [-0.3, -0.25) is 13.8 Å². The fraction of sp³-hybridized carbons (Fsp3) is 0.263. The van der Waals surface area contributed by atoms with Crippen molar-refractivity contribution < 1.29 is 4.74 Å². The molecule has 0 N–H and O–H groups in total. The van der Waals surface area contributed by atoms with Gasteiger partial charge in [0.05, 0.1) is 24.9 Å². The van der Waals surface area contributed by atoms with Crippen LogP contribution < -0.4 is 10.3 Å². The Morgan fingerprint density at radius 3 is 2.46 bits per heavy atom.